The maximum absolute atomic E-state index is 10.5. The number of aliphatic hydroxyl groups is 2. The molecule has 2 unspecified atom stereocenters. The number of benzene rings is 1. The Labute approximate surface area is 182 Å². The summed E-state index contributed by atoms with van der Waals surface area (Å²) in [6.45, 7) is 2.39. The number of allylic oxidation sites excluding steroid dienone is 5. The van der Waals surface area contributed by atoms with Crippen LogP contribution in [0, 0.1) is 5.92 Å². The van der Waals surface area contributed by atoms with E-state index in [1.165, 1.54) is 22.8 Å². The summed E-state index contributed by atoms with van der Waals surface area (Å²) in [5.74, 6) is 1.40. The molecule has 1 heterocycles. The van der Waals surface area contributed by atoms with Gasteiger partial charge in [0.1, 0.15) is 11.6 Å². The highest BCUT2D eigenvalue weighted by Crippen LogP contribution is 2.41. The minimum absolute atomic E-state index is 0.0375. The number of hydrogen-bond donors (Lipinski definition) is 3. The van der Waals surface area contributed by atoms with E-state index in [-0.39, 0.29) is 11.5 Å². The molecule has 6 heteroatoms. The zero-order valence-corrected chi connectivity index (χ0v) is 17.6. The highest BCUT2D eigenvalue weighted by molar-refractivity contribution is 6.28. The van der Waals surface area contributed by atoms with Crippen LogP contribution in [-0.2, 0) is 11.2 Å². The average molecular weight is 418 g/mol. The number of hydrogen-bond acceptors (Lipinski definition) is 6. The van der Waals surface area contributed by atoms with E-state index in [0.29, 0.717) is 37.0 Å². The largest absolute Gasteiger partial charge is 0.512 e. The molecule has 0 fully saturated rings. The Morgan fingerprint density at radius 1 is 1.16 bits per heavy atom. The first-order valence-electron chi connectivity index (χ1n) is 11.0. The molecular weight excluding hydrogens is 390 g/mol. The van der Waals surface area contributed by atoms with E-state index < -0.39 is 6.17 Å². The second kappa shape index (κ2) is 8.10. The van der Waals surface area contributed by atoms with Crippen LogP contribution in [0.3, 0.4) is 0 Å². The van der Waals surface area contributed by atoms with E-state index in [9.17, 15) is 10.2 Å². The predicted octanol–water partition coefficient (Wildman–Crippen LogP) is 4.73. The third-order valence-corrected chi connectivity index (χ3v) is 6.29. The molecular formula is C25H27N3O3. The monoisotopic (exact) mass is 417 g/mol. The first kappa shape index (κ1) is 19.7. The molecule has 0 aromatic heterocycles. The maximum atomic E-state index is 10.5. The molecule has 0 bridgehead atoms. The number of nitrogens with one attached hydrogen (secondary N) is 1. The molecule has 3 N–H and O–H groups in total. The summed E-state index contributed by atoms with van der Waals surface area (Å²) in [6.07, 6.45) is 9.51. The normalized spacial score (nSPS) is 25.1. The van der Waals surface area contributed by atoms with Gasteiger partial charge in [0.05, 0.1) is 12.4 Å². The topological polar surface area (TPSA) is 86.4 Å². The van der Waals surface area contributed by atoms with Gasteiger partial charge in [-0.3, -0.25) is 5.32 Å². The van der Waals surface area contributed by atoms with Crippen LogP contribution in [0.2, 0.25) is 0 Å². The minimum atomic E-state index is -0.588. The molecule has 160 valence electrons. The number of aliphatic imine (C=N–C) groups is 2. The minimum Gasteiger partial charge on any atom is -0.512 e. The third-order valence-electron chi connectivity index (χ3n) is 6.29. The summed E-state index contributed by atoms with van der Waals surface area (Å²) >= 11 is 0. The molecule has 1 aliphatic heterocycles. The lowest BCUT2D eigenvalue weighted by Gasteiger charge is -2.33. The Morgan fingerprint density at radius 2 is 2.03 bits per heavy atom. The van der Waals surface area contributed by atoms with Crippen LogP contribution in [0.4, 0.5) is 0 Å². The second-order valence-electron chi connectivity index (χ2n) is 8.26. The van der Waals surface area contributed by atoms with Gasteiger partial charge < -0.3 is 14.9 Å². The van der Waals surface area contributed by atoms with Gasteiger partial charge in [-0.05, 0) is 55.2 Å². The first-order chi connectivity index (χ1) is 15.1. The Hall–Kier alpha value is -3.28. The van der Waals surface area contributed by atoms with Crippen molar-refractivity contribution in [2.75, 3.05) is 6.61 Å². The van der Waals surface area contributed by atoms with E-state index >= 15 is 0 Å². The molecule has 0 spiro atoms. The number of amidine groups is 2. The Morgan fingerprint density at radius 3 is 2.87 bits per heavy atom. The van der Waals surface area contributed by atoms with Gasteiger partial charge in [-0.25, -0.2) is 9.98 Å². The van der Waals surface area contributed by atoms with Crippen molar-refractivity contribution in [2.45, 2.75) is 45.2 Å². The van der Waals surface area contributed by atoms with Crippen molar-refractivity contribution < 1.29 is 14.9 Å². The Balaban J connectivity index is 1.65. The van der Waals surface area contributed by atoms with Crippen molar-refractivity contribution in [3.63, 3.8) is 0 Å². The van der Waals surface area contributed by atoms with E-state index in [1.54, 1.807) is 0 Å². The lowest BCUT2D eigenvalue weighted by atomic mass is 9.74. The smallest absolute Gasteiger partial charge is 0.292 e. The number of aliphatic hydroxyl groups excluding tert-OH is 2. The number of nitrogens with zero attached hydrogens (tertiary/aromatic N) is 2. The van der Waals surface area contributed by atoms with Gasteiger partial charge in [0, 0.05) is 23.6 Å². The van der Waals surface area contributed by atoms with E-state index in [1.807, 2.05) is 6.92 Å². The van der Waals surface area contributed by atoms with E-state index in [2.05, 4.69) is 46.7 Å². The van der Waals surface area contributed by atoms with Gasteiger partial charge in [-0.1, -0.05) is 36.4 Å². The lowest BCUT2D eigenvalue weighted by Crippen LogP contribution is -2.40. The SMILES string of the molecule is CCOC1=NC(C2=C(O)C=C(O)CC2)N=C(C2=C3C=CCCC3Cc3ccccc32)N1. The fraction of sp³-hybridized carbons (Fsp3) is 0.360. The average Bonchev–Trinajstić information content (AvgIpc) is 2.77. The van der Waals surface area contributed by atoms with Crippen LogP contribution < -0.4 is 5.32 Å². The van der Waals surface area contributed by atoms with Crippen LogP contribution in [0.5, 0.6) is 0 Å². The number of rotatable bonds is 3. The molecule has 0 saturated heterocycles. The predicted molar refractivity (Wildman–Crippen MR) is 122 cm³/mol. The summed E-state index contributed by atoms with van der Waals surface area (Å²) in [4.78, 5) is 9.55. The Bertz CT molecular complexity index is 1090. The molecule has 1 aromatic carbocycles. The van der Waals surface area contributed by atoms with Crippen LogP contribution >= 0.6 is 0 Å². The molecule has 4 aliphatic rings. The molecule has 2 atom stereocenters. The van der Waals surface area contributed by atoms with E-state index in [4.69, 9.17) is 9.73 Å². The fourth-order valence-electron chi connectivity index (χ4n) is 4.82. The van der Waals surface area contributed by atoms with E-state index in [0.717, 1.165) is 30.7 Å². The molecule has 0 radical (unpaired) electrons. The highest BCUT2D eigenvalue weighted by atomic mass is 16.5. The standard InChI is InChI=1S/C25H27N3O3/c1-2-31-25-27-23(20-12-11-17(29)14-21(20)30)26-24(28-25)22-18-9-5-3-7-15(18)13-16-8-4-6-10-19(16)22/h3,5-7,9-10,14,16,23,29-30H,2,4,8,11-13H2,1H3,(H,26,27,28). The second-order valence-corrected chi connectivity index (χ2v) is 8.26. The zero-order chi connectivity index (χ0) is 21.4. The van der Waals surface area contributed by atoms with Crippen LogP contribution in [0.1, 0.15) is 43.7 Å². The third kappa shape index (κ3) is 3.67. The number of fused-ring (bicyclic) bond motifs is 2. The Kier molecular flexibility index (Phi) is 5.14. The van der Waals surface area contributed by atoms with Gasteiger partial charge in [0.2, 0.25) is 0 Å². The summed E-state index contributed by atoms with van der Waals surface area (Å²) < 4.78 is 5.75. The van der Waals surface area contributed by atoms with Crippen LogP contribution in [0.25, 0.3) is 5.57 Å². The molecule has 5 rings (SSSR count). The molecule has 31 heavy (non-hydrogen) atoms. The fourth-order valence-corrected chi connectivity index (χ4v) is 4.82. The number of ether oxygens (including phenoxy) is 1. The van der Waals surface area contributed by atoms with Crippen molar-refractivity contribution in [3.05, 3.63) is 76.3 Å². The summed E-state index contributed by atoms with van der Waals surface area (Å²) in [5.41, 5.74) is 5.60. The van der Waals surface area contributed by atoms with Crippen molar-refractivity contribution in [1.29, 1.82) is 0 Å². The zero-order valence-electron chi connectivity index (χ0n) is 17.6. The lowest BCUT2D eigenvalue weighted by molar-refractivity contribution is 0.311. The van der Waals surface area contributed by atoms with Crippen LogP contribution in [0.15, 0.2) is 75.1 Å². The van der Waals surface area contributed by atoms with Gasteiger partial charge in [-0.2, -0.15) is 0 Å². The molecule has 6 nitrogen and oxygen atoms in total. The summed E-state index contributed by atoms with van der Waals surface area (Å²) in [6, 6.07) is 8.92. The highest BCUT2D eigenvalue weighted by Gasteiger charge is 2.33. The maximum Gasteiger partial charge on any atom is 0.292 e. The van der Waals surface area contributed by atoms with Crippen molar-refractivity contribution >= 4 is 17.4 Å². The molecule has 3 aliphatic carbocycles. The van der Waals surface area contributed by atoms with Crippen molar-refractivity contribution in [2.24, 2.45) is 15.9 Å². The molecule has 1 aromatic rings. The summed E-state index contributed by atoms with van der Waals surface area (Å²) in [7, 11) is 0. The van der Waals surface area contributed by atoms with Crippen LogP contribution in [-0.4, -0.2) is 34.8 Å². The van der Waals surface area contributed by atoms with Crippen molar-refractivity contribution in [3.8, 4) is 0 Å². The van der Waals surface area contributed by atoms with Gasteiger partial charge in [0.15, 0.2) is 6.17 Å². The van der Waals surface area contributed by atoms with Gasteiger partial charge in [0.25, 0.3) is 6.02 Å². The van der Waals surface area contributed by atoms with Gasteiger partial charge >= 0.3 is 0 Å². The van der Waals surface area contributed by atoms with Gasteiger partial charge in [-0.15, -0.1) is 0 Å². The van der Waals surface area contributed by atoms with Crippen molar-refractivity contribution in [1.82, 2.24) is 5.32 Å². The quantitative estimate of drug-likeness (QED) is 0.664. The molecule has 0 saturated carbocycles. The molecule has 0 amide bonds. The first-order valence-corrected chi connectivity index (χ1v) is 11.0. The summed E-state index contributed by atoms with van der Waals surface area (Å²) in [5, 5.41) is 23.5.